The average Bonchev–Trinajstić information content (AvgIpc) is 2.79. The van der Waals surface area contributed by atoms with Gasteiger partial charge in [0.15, 0.2) is 0 Å². The van der Waals surface area contributed by atoms with Crippen LogP contribution in [-0.2, 0) is 4.79 Å². The maximum absolute atomic E-state index is 12.9. The van der Waals surface area contributed by atoms with Crippen molar-refractivity contribution in [3.05, 3.63) is 88.4 Å². The summed E-state index contributed by atoms with van der Waals surface area (Å²) in [6, 6.07) is 22.0. The summed E-state index contributed by atoms with van der Waals surface area (Å²) in [6.45, 7) is 2.45. The highest BCUT2D eigenvalue weighted by Gasteiger charge is 2.19. The number of nitrogens with one attached hydrogen (secondary N) is 1. The Bertz CT molecular complexity index is 1070. The molecule has 0 unspecified atom stereocenters. The highest BCUT2D eigenvalue weighted by Crippen LogP contribution is 2.21. The van der Waals surface area contributed by atoms with Gasteiger partial charge in [-0.1, -0.05) is 46.3 Å². The van der Waals surface area contributed by atoms with E-state index in [9.17, 15) is 9.59 Å². The molecular formula is C25H25BrN2O4. The molecule has 0 spiro atoms. The Morgan fingerprint density at radius 1 is 0.938 bits per heavy atom. The molecular weight excluding hydrogens is 472 g/mol. The summed E-state index contributed by atoms with van der Waals surface area (Å²) in [5, 5.41) is 2.85. The number of nitrogens with zero attached hydrogens (tertiary/aromatic N) is 1. The highest BCUT2D eigenvalue weighted by atomic mass is 79.9. The number of rotatable bonds is 9. The topological polar surface area (TPSA) is 67.9 Å². The first-order chi connectivity index (χ1) is 15.4. The zero-order valence-corrected chi connectivity index (χ0v) is 19.6. The molecule has 3 rings (SSSR count). The monoisotopic (exact) mass is 496 g/mol. The first-order valence-electron chi connectivity index (χ1n) is 10.1. The number of carbonyl (C=O) groups excluding carboxylic acids is 2. The van der Waals surface area contributed by atoms with Gasteiger partial charge >= 0.3 is 0 Å². The SMILES string of the molecule is Cc1cc(Br)ccc1NC(=O)CN(C)C(=O)c1ccccc1OCCOc1ccccc1. The molecule has 0 saturated carbocycles. The number of anilines is 1. The molecule has 0 aromatic heterocycles. The van der Waals surface area contributed by atoms with E-state index in [1.54, 1.807) is 31.3 Å². The molecule has 0 bridgehead atoms. The van der Waals surface area contributed by atoms with E-state index in [-0.39, 0.29) is 25.0 Å². The molecule has 0 atom stereocenters. The summed E-state index contributed by atoms with van der Waals surface area (Å²) >= 11 is 3.40. The van der Waals surface area contributed by atoms with Crippen molar-refractivity contribution in [2.45, 2.75) is 6.92 Å². The number of para-hydroxylation sites is 2. The molecule has 166 valence electrons. The number of aryl methyl sites for hydroxylation is 1. The van der Waals surface area contributed by atoms with Gasteiger partial charge in [-0.05, 0) is 55.0 Å². The van der Waals surface area contributed by atoms with Crippen molar-refractivity contribution in [2.75, 3.05) is 32.1 Å². The van der Waals surface area contributed by atoms with Crippen LogP contribution in [0.1, 0.15) is 15.9 Å². The predicted octanol–water partition coefficient (Wildman–Crippen LogP) is 4.93. The summed E-state index contributed by atoms with van der Waals surface area (Å²) in [6.07, 6.45) is 0. The van der Waals surface area contributed by atoms with Crippen LogP contribution in [0.2, 0.25) is 0 Å². The van der Waals surface area contributed by atoms with Crippen LogP contribution in [-0.4, -0.2) is 43.5 Å². The number of benzene rings is 3. The minimum absolute atomic E-state index is 0.0835. The molecule has 6 nitrogen and oxygen atoms in total. The second kappa shape index (κ2) is 11.3. The smallest absolute Gasteiger partial charge is 0.257 e. The lowest BCUT2D eigenvalue weighted by molar-refractivity contribution is -0.116. The van der Waals surface area contributed by atoms with Crippen molar-refractivity contribution < 1.29 is 19.1 Å². The molecule has 0 heterocycles. The Morgan fingerprint density at radius 3 is 2.38 bits per heavy atom. The van der Waals surface area contributed by atoms with Crippen LogP contribution in [0.15, 0.2) is 77.3 Å². The van der Waals surface area contributed by atoms with Gasteiger partial charge in [-0.3, -0.25) is 9.59 Å². The Balaban J connectivity index is 1.56. The second-order valence-corrected chi connectivity index (χ2v) is 8.09. The zero-order chi connectivity index (χ0) is 22.9. The number of carbonyl (C=O) groups is 2. The van der Waals surface area contributed by atoms with Crippen molar-refractivity contribution in [2.24, 2.45) is 0 Å². The Morgan fingerprint density at radius 2 is 1.62 bits per heavy atom. The van der Waals surface area contributed by atoms with Crippen LogP contribution in [0, 0.1) is 6.92 Å². The van der Waals surface area contributed by atoms with Gasteiger partial charge < -0.3 is 19.7 Å². The van der Waals surface area contributed by atoms with Gasteiger partial charge in [0.2, 0.25) is 5.91 Å². The van der Waals surface area contributed by atoms with Crippen LogP contribution in [0.5, 0.6) is 11.5 Å². The first kappa shape index (κ1) is 23.3. The second-order valence-electron chi connectivity index (χ2n) is 7.17. The van der Waals surface area contributed by atoms with Gasteiger partial charge in [0.25, 0.3) is 5.91 Å². The molecule has 3 aromatic carbocycles. The molecule has 0 saturated heterocycles. The number of ether oxygens (including phenoxy) is 2. The summed E-state index contributed by atoms with van der Waals surface area (Å²) < 4.78 is 12.3. The summed E-state index contributed by atoms with van der Waals surface area (Å²) in [7, 11) is 1.59. The summed E-state index contributed by atoms with van der Waals surface area (Å²) in [5.74, 6) is 0.630. The molecule has 0 aliphatic rings. The standard InChI is InChI=1S/C25H25BrN2O4/c1-18-16-19(26)12-13-22(18)27-24(29)17-28(2)25(30)21-10-6-7-11-23(21)32-15-14-31-20-8-4-3-5-9-20/h3-13,16H,14-15,17H2,1-2H3,(H,27,29). The molecule has 7 heteroatoms. The van der Waals surface area contributed by atoms with Crippen molar-refractivity contribution in [1.29, 1.82) is 0 Å². The highest BCUT2D eigenvalue weighted by molar-refractivity contribution is 9.10. The molecule has 1 N–H and O–H groups in total. The number of hydrogen-bond acceptors (Lipinski definition) is 4. The third kappa shape index (κ3) is 6.59. The Hall–Kier alpha value is -3.32. The summed E-state index contributed by atoms with van der Waals surface area (Å²) in [5.41, 5.74) is 2.03. The van der Waals surface area contributed by atoms with Crippen molar-refractivity contribution >= 4 is 33.4 Å². The molecule has 2 amide bonds. The maximum Gasteiger partial charge on any atom is 0.257 e. The Labute approximate surface area is 196 Å². The molecule has 32 heavy (non-hydrogen) atoms. The normalized spacial score (nSPS) is 10.3. The van der Waals surface area contributed by atoms with Gasteiger partial charge in [-0.25, -0.2) is 0 Å². The maximum atomic E-state index is 12.9. The molecule has 0 fully saturated rings. The zero-order valence-electron chi connectivity index (χ0n) is 18.0. The molecule has 0 aliphatic heterocycles. The predicted molar refractivity (Wildman–Crippen MR) is 128 cm³/mol. The van der Waals surface area contributed by atoms with Gasteiger partial charge in [-0.15, -0.1) is 0 Å². The van der Waals surface area contributed by atoms with E-state index in [1.165, 1.54) is 4.90 Å². The molecule has 0 radical (unpaired) electrons. The fraction of sp³-hybridized carbons (Fsp3) is 0.200. The van der Waals surface area contributed by atoms with Crippen LogP contribution < -0.4 is 14.8 Å². The van der Waals surface area contributed by atoms with E-state index in [0.29, 0.717) is 23.6 Å². The van der Waals surface area contributed by atoms with Crippen molar-refractivity contribution in [3.8, 4) is 11.5 Å². The van der Waals surface area contributed by atoms with Gasteiger partial charge in [0.1, 0.15) is 24.7 Å². The first-order valence-corrected chi connectivity index (χ1v) is 10.9. The van der Waals surface area contributed by atoms with E-state index in [2.05, 4.69) is 21.2 Å². The average molecular weight is 497 g/mol. The third-order valence-electron chi connectivity index (χ3n) is 4.66. The largest absolute Gasteiger partial charge is 0.490 e. The van der Waals surface area contributed by atoms with Gasteiger partial charge in [0, 0.05) is 17.2 Å². The third-order valence-corrected chi connectivity index (χ3v) is 5.15. The number of halogens is 1. The van der Waals surface area contributed by atoms with E-state index in [0.717, 1.165) is 15.8 Å². The summed E-state index contributed by atoms with van der Waals surface area (Å²) in [4.78, 5) is 26.8. The van der Waals surface area contributed by atoms with Gasteiger partial charge in [0.05, 0.1) is 12.1 Å². The van der Waals surface area contributed by atoms with Crippen molar-refractivity contribution in [3.63, 3.8) is 0 Å². The number of hydrogen-bond donors (Lipinski definition) is 1. The fourth-order valence-electron chi connectivity index (χ4n) is 3.05. The van der Waals surface area contributed by atoms with Gasteiger partial charge in [-0.2, -0.15) is 0 Å². The van der Waals surface area contributed by atoms with Crippen LogP contribution in [0.25, 0.3) is 0 Å². The fourth-order valence-corrected chi connectivity index (χ4v) is 3.52. The van der Waals surface area contributed by atoms with Crippen LogP contribution in [0.4, 0.5) is 5.69 Å². The van der Waals surface area contributed by atoms with E-state index in [4.69, 9.17) is 9.47 Å². The molecule has 3 aromatic rings. The van der Waals surface area contributed by atoms with Crippen LogP contribution in [0.3, 0.4) is 0 Å². The lowest BCUT2D eigenvalue weighted by Crippen LogP contribution is -2.35. The van der Waals surface area contributed by atoms with Crippen molar-refractivity contribution in [1.82, 2.24) is 4.90 Å². The van der Waals surface area contributed by atoms with E-state index in [1.807, 2.05) is 55.5 Å². The van der Waals surface area contributed by atoms with Crippen LogP contribution >= 0.6 is 15.9 Å². The quantitative estimate of drug-likeness (QED) is 0.426. The lowest BCUT2D eigenvalue weighted by Gasteiger charge is -2.19. The minimum Gasteiger partial charge on any atom is -0.490 e. The number of amides is 2. The minimum atomic E-state index is -0.299. The van der Waals surface area contributed by atoms with E-state index >= 15 is 0 Å². The Kier molecular flexibility index (Phi) is 8.27. The van der Waals surface area contributed by atoms with E-state index < -0.39 is 0 Å². The number of likely N-dealkylation sites (N-methyl/N-ethyl adjacent to an activating group) is 1. The molecule has 0 aliphatic carbocycles. The lowest BCUT2D eigenvalue weighted by atomic mass is 10.1.